The molecule has 18 heavy (non-hydrogen) atoms. The Balaban J connectivity index is 1.90. The summed E-state index contributed by atoms with van der Waals surface area (Å²) in [7, 11) is 0. The minimum absolute atomic E-state index is 0.0997. The third-order valence-corrected chi connectivity index (χ3v) is 3.97. The smallest absolute Gasteiger partial charge is 0.110 e. The summed E-state index contributed by atoms with van der Waals surface area (Å²) in [6.45, 7) is 5.05. The summed E-state index contributed by atoms with van der Waals surface area (Å²) in [6.07, 6.45) is 0. The van der Waals surface area contributed by atoms with Crippen molar-refractivity contribution < 1.29 is 5.11 Å². The van der Waals surface area contributed by atoms with Gasteiger partial charge in [0.05, 0.1) is 12.6 Å². The van der Waals surface area contributed by atoms with Gasteiger partial charge in [0.1, 0.15) is 5.01 Å². The van der Waals surface area contributed by atoms with Crippen LogP contribution in [0.3, 0.4) is 0 Å². The Hall–Kier alpha value is -1.23. The van der Waals surface area contributed by atoms with Gasteiger partial charge in [-0.2, -0.15) is 0 Å². The molecule has 1 heterocycles. The number of aliphatic hydroxyl groups excluding tert-OH is 1. The van der Waals surface area contributed by atoms with Crippen LogP contribution in [0, 0.1) is 6.92 Å². The monoisotopic (exact) mass is 262 g/mol. The van der Waals surface area contributed by atoms with Crippen LogP contribution < -0.4 is 5.32 Å². The predicted octanol–water partition coefficient (Wildman–Crippen LogP) is 2.79. The Labute approximate surface area is 112 Å². The van der Waals surface area contributed by atoms with Crippen molar-refractivity contribution in [2.24, 2.45) is 0 Å². The first-order chi connectivity index (χ1) is 8.69. The van der Waals surface area contributed by atoms with E-state index in [-0.39, 0.29) is 12.6 Å². The SMILES string of the molecule is Cc1csc(C(C)NCc2ccc(CO)cc2)n1. The van der Waals surface area contributed by atoms with Gasteiger partial charge in [-0.25, -0.2) is 4.98 Å². The first-order valence-corrected chi connectivity index (χ1v) is 6.91. The van der Waals surface area contributed by atoms with Crippen molar-refractivity contribution in [1.82, 2.24) is 10.3 Å². The topological polar surface area (TPSA) is 45.1 Å². The number of aromatic nitrogens is 1. The largest absolute Gasteiger partial charge is 0.392 e. The van der Waals surface area contributed by atoms with Crippen LogP contribution in [0.15, 0.2) is 29.6 Å². The highest BCUT2D eigenvalue weighted by Gasteiger charge is 2.08. The Kier molecular flexibility index (Phi) is 4.47. The van der Waals surface area contributed by atoms with Crippen LogP contribution in [-0.2, 0) is 13.2 Å². The average Bonchev–Trinajstić information content (AvgIpc) is 2.83. The van der Waals surface area contributed by atoms with Crippen LogP contribution >= 0.6 is 11.3 Å². The van der Waals surface area contributed by atoms with Gasteiger partial charge < -0.3 is 10.4 Å². The molecule has 0 aliphatic heterocycles. The standard InChI is InChI=1S/C14H18N2OS/c1-10-9-18-14(16-10)11(2)15-7-12-3-5-13(8-17)6-4-12/h3-6,9,11,15,17H,7-8H2,1-2H3. The van der Waals surface area contributed by atoms with Gasteiger partial charge in [-0.05, 0) is 25.0 Å². The molecule has 0 spiro atoms. The van der Waals surface area contributed by atoms with Gasteiger partial charge in [-0.3, -0.25) is 0 Å². The third-order valence-electron chi connectivity index (χ3n) is 2.83. The van der Waals surface area contributed by atoms with Crippen LogP contribution in [0.1, 0.15) is 34.8 Å². The van der Waals surface area contributed by atoms with E-state index < -0.39 is 0 Å². The van der Waals surface area contributed by atoms with Crippen molar-refractivity contribution in [3.8, 4) is 0 Å². The maximum atomic E-state index is 8.98. The molecule has 2 rings (SSSR count). The lowest BCUT2D eigenvalue weighted by Gasteiger charge is -2.11. The summed E-state index contributed by atoms with van der Waals surface area (Å²) in [5, 5.41) is 15.6. The molecule has 2 N–H and O–H groups in total. The molecule has 0 amide bonds. The molecule has 0 aliphatic carbocycles. The summed E-state index contributed by atoms with van der Waals surface area (Å²) in [4.78, 5) is 4.47. The number of thiazole rings is 1. The van der Waals surface area contributed by atoms with Crippen molar-refractivity contribution in [3.05, 3.63) is 51.5 Å². The number of benzene rings is 1. The van der Waals surface area contributed by atoms with Gasteiger partial charge in [0.25, 0.3) is 0 Å². The minimum Gasteiger partial charge on any atom is -0.392 e. The highest BCUT2D eigenvalue weighted by molar-refractivity contribution is 7.09. The van der Waals surface area contributed by atoms with E-state index in [1.165, 1.54) is 5.56 Å². The van der Waals surface area contributed by atoms with Crippen LogP contribution in [0.5, 0.6) is 0 Å². The number of aryl methyl sites for hydroxylation is 1. The lowest BCUT2D eigenvalue weighted by atomic mass is 10.1. The van der Waals surface area contributed by atoms with Gasteiger partial charge >= 0.3 is 0 Å². The van der Waals surface area contributed by atoms with Gasteiger partial charge in [0, 0.05) is 17.6 Å². The number of rotatable bonds is 5. The van der Waals surface area contributed by atoms with Gasteiger partial charge in [-0.1, -0.05) is 24.3 Å². The maximum Gasteiger partial charge on any atom is 0.110 e. The molecule has 4 heteroatoms. The molecular formula is C14H18N2OS. The Bertz CT molecular complexity index is 493. The van der Waals surface area contributed by atoms with Crippen LogP contribution in [0.2, 0.25) is 0 Å². The van der Waals surface area contributed by atoms with Crippen molar-refractivity contribution in [1.29, 1.82) is 0 Å². The molecule has 0 radical (unpaired) electrons. The zero-order valence-electron chi connectivity index (χ0n) is 10.7. The quantitative estimate of drug-likeness (QED) is 0.871. The molecular weight excluding hydrogens is 244 g/mol. The summed E-state index contributed by atoms with van der Waals surface area (Å²) >= 11 is 1.69. The van der Waals surface area contributed by atoms with Crippen LogP contribution in [-0.4, -0.2) is 10.1 Å². The fourth-order valence-corrected chi connectivity index (χ4v) is 2.52. The van der Waals surface area contributed by atoms with Crippen molar-refractivity contribution >= 4 is 11.3 Å². The second-order valence-electron chi connectivity index (χ2n) is 4.40. The van der Waals surface area contributed by atoms with Crippen molar-refractivity contribution in [2.75, 3.05) is 0 Å². The zero-order chi connectivity index (χ0) is 13.0. The van der Waals surface area contributed by atoms with Crippen molar-refractivity contribution in [3.63, 3.8) is 0 Å². The van der Waals surface area contributed by atoms with Gasteiger partial charge in [0.15, 0.2) is 0 Å². The van der Waals surface area contributed by atoms with Gasteiger partial charge in [-0.15, -0.1) is 11.3 Å². The van der Waals surface area contributed by atoms with E-state index in [1.807, 2.05) is 31.2 Å². The molecule has 0 bridgehead atoms. The van der Waals surface area contributed by atoms with E-state index in [0.29, 0.717) is 0 Å². The normalized spacial score (nSPS) is 12.6. The summed E-state index contributed by atoms with van der Waals surface area (Å²) in [5.74, 6) is 0. The summed E-state index contributed by atoms with van der Waals surface area (Å²) < 4.78 is 0. The molecule has 1 unspecified atom stereocenters. The lowest BCUT2D eigenvalue weighted by molar-refractivity contribution is 0.282. The molecule has 3 nitrogen and oxygen atoms in total. The molecule has 0 aliphatic rings. The second kappa shape index (κ2) is 6.09. The number of hydrogen-bond acceptors (Lipinski definition) is 4. The Morgan fingerprint density at radius 3 is 2.50 bits per heavy atom. The van der Waals surface area contributed by atoms with E-state index in [9.17, 15) is 0 Å². The highest BCUT2D eigenvalue weighted by Crippen LogP contribution is 2.17. The average molecular weight is 262 g/mol. The first kappa shape index (κ1) is 13.2. The zero-order valence-corrected chi connectivity index (χ0v) is 11.5. The van der Waals surface area contributed by atoms with E-state index in [1.54, 1.807) is 11.3 Å². The highest BCUT2D eigenvalue weighted by atomic mass is 32.1. The third kappa shape index (κ3) is 3.38. The first-order valence-electron chi connectivity index (χ1n) is 6.03. The molecule has 0 saturated heterocycles. The molecule has 1 aromatic carbocycles. The Morgan fingerprint density at radius 1 is 1.28 bits per heavy atom. The summed E-state index contributed by atoms with van der Waals surface area (Å²) in [5.41, 5.74) is 3.24. The fourth-order valence-electron chi connectivity index (χ4n) is 1.69. The Morgan fingerprint density at radius 2 is 1.94 bits per heavy atom. The lowest BCUT2D eigenvalue weighted by Crippen LogP contribution is -2.17. The minimum atomic E-state index is 0.0997. The second-order valence-corrected chi connectivity index (χ2v) is 5.29. The van der Waals surface area contributed by atoms with E-state index >= 15 is 0 Å². The van der Waals surface area contributed by atoms with Crippen molar-refractivity contribution in [2.45, 2.75) is 33.0 Å². The summed E-state index contributed by atoms with van der Waals surface area (Å²) in [6, 6.07) is 8.25. The van der Waals surface area contributed by atoms with Crippen LogP contribution in [0.25, 0.3) is 0 Å². The maximum absolute atomic E-state index is 8.98. The van der Waals surface area contributed by atoms with E-state index in [2.05, 4.69) is 22.6 Å². The van der Waals surface area contributed by atoms with E-state index in [4.69, 9.17) is 5.11 Å². The molecule has 0 fully saturated rings. The number of nitrogens with one attached hydrogen (secondary N) is 1. The van der Waals surface area contributed by atoms with Crippen LogP contribution in [0.4, 0.5) is 0 Å². The van der Waals surface area contributed by atoms with E-state index in [0.717, 1.165) is 22.8 Å². The molecule has 96 valence electrons. The molecule has 1 atom stereocenters. The number of aliphatic hydroxyl groups is 1. The predicted molar refractivity (Wildman–Crippen MR) is 74.5 cm³/mol. The molecule has 0 saturated carbocycles. The number of hydrogen-bond donors (Lipinski definition) is 2. The molecule has 2 aromatic rings. The number of nitrogens with zero attached hydrogens (tertiary/aromatic N) is 1. The van der Waals surface area contributed by atoms with Gasteiger partial charge in [0.2, 0.25) is 0 Å². The fraction of sp³-hybridized carbons (Fsp3) is 0.357. The molecule has 1 aromatic heterocycles.